The lowest BCUT2D eigenvalue weighted by atomic mass is 10.2. The van der Waals surface area contributed by atoms with Gasteiger partial charge in [-0.25, -0.2) is 19.6 Å². The fraction of sp³-hybridized carbons (Fsp3) is 0.235. The molecule has 0 spiro atoms. The van der Waals surface area contributed by atoms with Crippen LogP contribution >= 0.6 is 0 Å². The van der Waals surface area contributed by atoms with Gasteiger partial charge in [-0.2, -0.15) is 0 Å². The van der Waals surface area contributed by atoms with Gasteiger partial charge in [-0.1, -0.05) is 0 Å². The molecular formula is C17H15N7O4. The fourth-order valence-electron chi connectivity index (χ4n) is 3.13. The van der Waals surface area contributed by atoms with E-state index in [1.165, 1.54) is 54.9 Å². The Morgan fingerprint density at radius 2 is 1.54 bits per heavy atom. The summed E-state index contributed by atoms with van der Waals surface area (Å²) in [5.41, 5.74) is -1.19. The smallest absolute Gasteiger partial charge is 0.295 e. The number of pyridine rings is 1. The lowest BCUT2D eigenvalue weighted by Crippen LogP contribution is -2.40. The Balaban J connectivity index is 1.95. The molecule has 28 heavy (non-hydrogen) atoms. The van der Waals surface area contributed by atoms with Crippen LogP contribution in [-0.2, 0) is 27.7 Å². The standard InChI is InChI=1S/C17H15N7O4/c1-21-11-7-20-9(6-10(11)14(25)23(3)16(21)27)8-24-15(26)12-13(19-5-4-18-12)22(2)17(24)28/h4-7H,8H2,1-3H3. The van der Waals surface area contributed by atoms with Crippen LogP contribution in [0.4, 0.5) is 0 Å². The summed E-state index contributed by atoms with van der Waals surface area (Å²) in [5.74, 6) is 0. The Labute approximate surface area is 155 Å². The minimum absolute atomic E-state index is 0.0590. The van der Waals surface area contributed by atoms with E-state index in [4.69, 9.17) is 0 Å². The van der Waals surface area contributed by atoms with Crippen molar-refractivity contribution in [3.05, 3.63) is 72.0 Å². The topological polar surface area (TPSA) is 127 Å². The van der Waals surface area contributed by atoms with Gasteiger partial charge in [-0.15, -0.1) is 0 Å². The van der Waals surface area contributed by atoms with Crippen molar-refractivity contribution >= 4 is 22.1 Å². The van der Waals surface area contributed by atoms with Crippen LogP contribution in [0, 0.1) is 0 Å². The molecule has 0 atom stereocenters. The molecule has 4 aromatic heterocycles. The van der Waals surface area contributed by atoms with Crippen LogP contribution in [0.15, 0.2) is 43.8 Å². The summed E-state index contributed by atoms with van der Waals surface area (Å²) < 4.78 is 4.51. The van der Waals surface area contributed by atoms with E-state index in [0.717, 1.165) is 9.13 Å². The summed E-state index contributed by atoms with van der Waals surface area (Å²) in [6, 6.07) is 1.48. The summed E-state index contributed by atoms with van der Waals surface area (Å²) in [5, 5.41) is 0.264. The highest BCUT2D eigenvalue weighted by Gasteiger charge is 2.15. The first-order valence-electron chi connectivity index (χ1n) is 8.26. The second kappa shape index (κ2) is 6.08. The molecule has 0 amide bonds. The summed E-state index contributed by atoms with van der Waals surface area (Å²) in [7, 11) is 4.41. The van der Waals surface area contributed by atoms with Crippen molar-refractivity contribution in [3.63, 3.8) is 0 Å². The van der Waals surface area contributed by atoms with Gasteiger partial charge in [0.15, 0.2) is 11.2 Å². The lowest BCUT2D eigenvalue weighted by Gasteiger charge is -2.11. The predicted molar refractivity (Wildman–Crippen MR) is 100 cm³/mol. The summed E-state index contributed by atoms with van der Waals surface area (Å²) in [6.45, 7) is -0.153. The molecule has 11 nitrogen and oxygen atoms in total. The Morgan fingerprint density at radius 3 is 2.29 bits per heavy atom. The highest BCUT2D eigenvalue weighted by atomic mass is 16.2. The van der Waals surface area contributed by atoms with E-state index < -0.39 is 22.5 Å². The van der Waals surface area contributed by atoms with E-state index >= 15 is 0 Å². The van der Waals surface area contributed by atoms with Crippen LogP contribution in [0.5, 0.6) is 0 Å². The lowest BCUT2D eigenvalue weighted by molar-refractivity contribution is 0.644. The molecule has 0 bridgehead atoms. The molecule has 4 aromatic rings. The highest BCUT2D eigenvalue weighted by Crippen LogP contribution is 2.08. The maximum Gasteiger partial charge on any atom is 0.332 e. The SMILES string of the molecule is Cn1c(=O)c2cc(Cn3c(=O)c4nccnc4n(C)c3=O)ncc2n(C)c1=O. The summed E-state index contributed by atoms with van der Waals surface area (Å²) in [4.78, 5) is 62.0. The van der Waals surface area contributed by atoms with Crippen molar-refractivity contribution in [2.75, 3.05) is 0 Å². The molecule has 0 aliphatic heterocycles. The molecule has 0 aliphatic carbocycles. The summed E-state index contributed by atoms with van der Waals surface area (Å²) >= 11 is 0. The second-order valence-electron chi connectivity index (χ2n) is 6.36. The van der Waals surface area contributed by atoms with Crippen LogP contribution in [0.1, 0.15) is 5.69 Å². The van der Waals surface area contributed by atoms with Gasteiger partial charge in [-0.05, 0) is 6.07 Å². The average molecular weight is 381 g/mol. The third-order valence-corrected chi connectivity index (χ3v) is 4.69. The van der Waals surface area contributed by atoms with Crippen molar-refractivity contribution in [1.82, 2.24) is 33.2 Å². The zero-order chi connectivity index (χ0) is 20.2. The van der Waals surface area contributed by atoms with Gasteiger partial charge in [0, 0.05) is 33.5 Å². The van der Waals surface area contributed by atoms with Crippen LogP contribution in [-0.4, -0.2) is 33.2 Å². The molecule has 0 N–H and O–H groups in total. The van der Waals surface area contributed by atoms with Crippen molar-refractivity contribution in [3.8, 4) is 0 Å². The second-order valence-corrected chi connectivity index (χ2v) is 6.36. The maximum absolute atomic E-state index is 12.7. The van der Waals surface area contributed by atoms with Crippen LogP contribution in [0.2, 0.25) is 0 Å². The first-order chi connectivity index (χ1) is 13.3. The molecule has 0 aliphatic rings. The van der Waals surface area contributed by atoms with Crippen LogP contribution in [0.25, 0.3) is 22.1 Å². The predicted octanol–water partition coefficient (Wildman–Crippen LogP) is -1.52. The summed E-state index contributed by atoms with van der Waals surface area (Å²) in [6.07, 6.45) is 4.15. The van der Waals surface area contributed by atoms with Gasteiger partial charge in [0.2, 0.25) is 0 Å². The largest absolute Gasteiger partial charge is 0.332 e. The Bertz CT molecular complexity index is 1510. The number of fused-ring (bicyclic) bond motifs is 2. The van der Waals surface area contributed by atoms with Gasteiger partial charge in [0.05, 0.1) is 29.3 Å². The number of aryl methyl sites for hydroxylation is 2. The molecule has 0 radical (unpaired) electrons. The molecule has 4 rings (SSSR count). The normalized spacial score (nSPS) is 11.4. The van der Waals surface area contributed by atoms with Crippen molar-refractivity contribution in [1.29, 1.82) is 0 Å². The van der Waals surface area contributed by atoms with Crippen molar-refractivity contribution in [2.45, 2.75) is 6.54 Å². The first-order valence-corrected chi connectivity index (χ1v) is 8.26. The minimum Gasteiger partial charge on any atom is -0.295 e. The van der Waals surface area contributed by atoms with Crippen LogP contribution < -0.4 is 22.5 Å². The molecule has 4 heterocycles. The van der Waals surface area contributed by atoms with Crippen molar-refractivity contribution < 1.29 is 0 Å². The van der Waals surface area contributed by atoms with Gasteiger partial charge in [0.1, 0.15) is 0 Å². The maximum atomic E-state index is 12.7. The van der Waals surface area contributed by atoms with E-state index in [9.17, 15) is 19.2 Å². The van der Waals surface area contributed by atoms with E-state index in [-0.39, 0.29) is 23.1 Å². The molecule has 0 fully saturated rings. The number of hydrogen-bond donors (Lipinski definition) is 0. The highest BCUT2D eigenvalue weighted by molar-refractivity contribution is 5.77. The third-order valence-electron chi connectivity index (χ3n) is 4.69. The Morgan fingerprint density at radius 1 is 0.821 bits per heavy atom. The number of hydrogen-bond acceptors (Lipinski definition) is 7. The zero-order valence-electron chi connectivity index (χ0n) is 15.3. The van der Waals surface area contributed by atoms with E-state index in [1.807, 2.05) is 0 Å². The average Bonchev–Trinajstić information content (AvgIpc) is 2.72. The number of rotatable bonds is 2. The first kappa shape index (κ1) is 17.5. The Hall–Kier alpha value is -3.89. The monoisotopic (exact) mass is 381 g/mol. The van der Waals surface area contributed by atoms with Gasteiger partial charge in [0.25, 0.3) is 11.1 Å². The van der Waals surface area contributed by atoms with Gasteiger partial charge >= 0.3 is 11.4 Å². The van der Waals surface area contributed by atoms with Gasteiger partial charge < -0.3 is 0 Å². The molecule has 142 valence electrons. The molecule has 0 saturated heterocycles. The minimum atomic E-state index is -0.596. The van der Waals surface area contributed by atoms with Gasteiger partial charge in [-0.3, -0.25) is 32.8 Å². The molecule has 0 saturated carbocycles. The third kappa shape index (κ3) is 2.40. The fourth-order valence-corrected chi connectivity index (χ4v) is 3.13. The molecular weight excluding hydrogens is 366 g/mol. The van der Waals surface area contributed by atoms with Crippen molar-refractivity contribution in [2.24, 2.45) is 21.1 Å². The molecule has 11 heteroatoms. The van der Waals surface area contributed by atoms with E-state index in [2.05, 4.69) is 15.0 Å². The molecule has 0 aromatic carbocycles. The Kier molecular flexibility index (Phi) is 3.80. The van der Waals surface area contributed by atoms with Crippen LogP contribution in [0.3, 0.4) is 0 Å². The number of aromatic nitrogens is 7. The zero-order valence-corrected chi connectivity index (χ0v) is 15.3. The van der Waals surface area contributed by atoms with E-state index in [1.54, 1.807) is 0 Å². The number of nitrogens with zero attached hydrogens (tertiary/aromatic N) is 7. The molecule has 0 unspecified atom stereocenters. The van der Waals surface area contributed by atoms with E-state index in [0.29, 0.717) is 11.2 Å². The quantitative estimate of drug-likeness (QED) is 0.413.